The van der Waals surface area contributed by atoms with E-state index in [2.05, 4.69) is 32.6 Å². The van der Waals surface area contributed by atoms with E-state index in [0.29, 0.717) is 48.3 Å². The molecule has 5 rings (SSSR count). The van der Waals surface area contributed by atoms with E-state index >= 15 is 0 Å². The van der Waals surface area contributed by atoms with Crippen LogP contribution in [0.25, 0.3) is 0 Å². The smallest absolute Gasteiger partial charge is 0.229 e. The van der Waals surface area contributed by atoms with Crippen LogP contribution in [0, 0.1) is 18.3 Å². The van der Waals surface area contributed by atoms with E-state index in [4.69, 9.17) is 9.47 Å². The normalized spacial score (nSPS) is 11.1. The van der Waals surface area contributed by atoms with Crippen LogP contribution in [0.3, 0.4) is 0 Å². The Balaban J connectivity index is 1.34. The minimum Gasteiger partial charge on any atom is -0.477 e. The summed E-state index contributed by atoms with van der Waals surface area (Å²) < 4.78 is 39.1. The predicted molar refractivity (Wildman–Crippen MR) is 196 cm³/mol. The van der Waals surface area contributed by atoms with Gasteiger partial charge in [0, 0.05) is 49.7 Å². The van der Waals surface area contributed by atoms with Gasteiger partial charge in [0.15, 0.2) is 0 Å². The first-order valence-electron chi connectivity index (χ1n) is 15.9. The molecule has 9 nitrogen and oxygen atoms in total. The van der Waals surface area contributed by atoms with Crippen LogP contribution in [0.2, 0.25) is 0 Å². The summed E-state index contributed by atoms with van der Waals surface area (Å²) in [7, 11) is -3.45. The van der Waals surface area contributed by atoms with Gasteiger partial charge < -0.3 is 14.4 Å². The van der Waals surface area contributed by atoms with E-state index in [1.807, 2.05) is 85.9 Å². The van der Waals surface area contributed by atoms with Crippen LogP contribution in [0.4, 0.5) is 11.4 Å². The first-order valence-corrected chi connectivity index (χ1v) is 18.8. The summed E-state index contributed by atoms with van der Waals surface area (Å²) >= 11 is 1.66. The molecule has 3 aromatic carbocycles. The monoisotopic (exact) mass is 693 g/mol. The van der Waals surface area contributed by atoms with Crippen LogP contribution in [-0.4, -0.2) is 37.0 Å². The van der Waals surface area contributed by atoms with Gasteiger partial charge in [0.05, 0.1) is 30.2 Å². The highest BCUT2D eigenvalue weighted by molar-refractivity contribution is 7.99. The Labute approximate surface area is 293 Å². The van der Waals surface area contributed by atoms with Crippen LogP contribution in [0.1, 0.15) is 41.2 Å². The van der Waals surface area contributed by atoms with Crippen molar-refractivity contribution in [3.8, 4) is 23.4 Å². The predicted octanol–water partition coefficient (Wildman–Crippen LogP) is 8.15. The number of benzene rings is 3. The summed E-state index contributed by atoms with van der Waals surface area (Å²) in [6, 6.07) is 30.8. The lowest BCUT2D eigenvalue weighted by Crippen LogP contribution is -2.23. The number of hydrogen-bond acceptors (Lipinski definition) is 9. The molecule has 0 atom stereocenters. The second kappa shape index (κ2) is 16.9. The van der Waals surface area contributed by atoms with Gasteiger partial charge in [-0.25, -0.2) is 13.4 Å². The Morgan fingerprint density at radius 3 is 2.31 bits per heavy atom. The Hall–Kier alpha value is -5.05. The van der Waals surface area contributed by atoms with Crippen LogP contribution >= 0.6 is 11.8 Å². The molecule has 0 spiro atoms. The van der Waals surface area contributed by atoms with E-state index in [9.17, 15) is 13.7 Å². The third kappa shape index (κ3) is 10.7. The summed E-state index contributed by atoms with van der Waals surface area (Å²) in [4.78, 5) is 11.0. The molecule has 0 fully saturated rings. The van der Waals surface area contributed by atoms with Crippen molar-refractivity contribution in [3.05, 3.63) is 131 Å². The second-order valence-corrected chi connectivity index (χ2v) is 14.4. The summed E-state index contributed by atoms with van der Waals surface area (Å²) in [6.45, 7) is 5.61. The maximum atomic E-state index is 12.0. The van der Waals surface area contributed by atoms with Gasteiger partial charge in [-0.3, -0.25) is 9.71 Å². The maximum Gasteiger partial charge on any atom is 0.229 e. The third-order valence-electron chi connectivity index (χ3n) is 7.50. The Morgan fingerprint density at radius 2 is 1.65 bits per heavy atom. The van der Waals surface area contributed by atoms with Crippen molar-refractivity contribution in [1.29, 1.82) is 5.26 Å². The number of anilines is 2. The van der Waals surface area contributed by atoms with Gasteiger partial charge in [0.2, 0.25) is 15.9 Å². The van der Waals surface area contributed by atoms with Gasteiger partial charge in [0.1, 0.15) is 16.5 Å². The molecule has 1 N–H and O–H groups in total. The molecule has 0 saturated carbocycles. The number of rotatable bonds is 16. The van der Waals surface area contributed by atoms with E-state index in [0.717, 1.165) is 57.8 Å². The quantitative estimate of drug-likeness (QED) is 0.102. The number of aromatic nitrogens is 2. The lowest BCUT2D eigenvalue weighted by molar-refractivity contribution is 0.305. The molecule has 2 aromatic heterocycles. The molecule has 2 heterocycles. The van der Waals surface area contributed by atoms with Crippen molar-refractivity contribution in [1.82, 2.24) is 9.97 Å². The molecule has 0 unspecified atom stereocenters. The largest absolute Gasteiger partial charge is 0.477 e. The highest BCUT2D eigenvalue weighted by Gasteiger charge is 2.16. The molecule has 49 heavy (non-hydrogen) atoms. The third-order valence-corrected chi connectivity index (χ3v) is 9.21. The molecule has 0 amide bonds. The molecule has 11 heteroatoms. The van der Waals surface area contributed by atoms with Crippen LogP contribution in [0.5, 0.6) is 17.4 Å². The van der Waals surface area contributed by atoms with E-state index in [1.165, 1.54) is 0 Å². The number of pyridine rings is 2. The highest BCUT2D eigenvalue weighted by Crippen LogP contribution is 2.32. The average Bonchev–Trinajstić information content (AvgIpc) is 3.09. The minimum absolute atomic E-state index is 0.473. The van der Waals surface area contributed by atoms with Crippen molar-refractivity contribution < 1.29 is 17.9 Å². The lowest BCUT2D eigenvalue weighted by atomic mass is 10.1. The molecule has 252 valence electrons. The molecule has 0 aliphatic carbocycles. The molecule has 0 aliphatic heterocycles. The van der Waals surface area contributed by atoms with Gasteiger partial charge in [0.25, 0.3) is 0 Å². The van der Waals surface area contributed by atoms with E-state index < -0.39 is 10.0 Å². The number of thioether (sulfide) groups is 1. The molecular weight excluding hydrogens is 655 g/mol. The van der Waals surface area contributed by atoms with Crippen molar-refractivity contribution in [2.75, 3.05) is 28.2 Å². The Kier molecular flexibility index (Phi) is 12.1. The second-order valence-electron chi connectivity index (χ2n) is 11.5. The minimum atomic E-state index is -3.45. The number of nitrogens with zero attached hydrogens (tertiary/aromatic N) is 4. The van der Waals surface area contributed by atoms with Crippen molar-refractivity contribution in [2.24, 2.45) is 0 Å². The SMILES string of the molecule is CCCSc1cc(Oc2ccc(CN(Cc3ccc(C#N)cc3)c3cccc(NS(C)(=O)=O)c3C)cc2)cc(OCCc2cccnc2)n1. The van der Waals surface area contributed by atoms with Gasteiger partial charge in [-0.05, 0) is 83.8 Å². The van der Waals surface area contributed by atoms with Crippen LogP contribution in [-0.2, 0) is 29.5 Å². The Bertz CT molecular complexity index is 1980. The Morgan fingerprint density at radius 1 is 0.918 bits per heavy atom. The number of sulfonamides is 1. The number of hydrogen-bond donors (Lipinski definition) is 1. The summed E-state index contributed by atoms with van der Waals surface area (Å²) in [5.74, 6) is 2.77. The van der Waals surface area contributed by atoms with Gasteiger partial charge in [-0.1, -0.05) is 43.3 Å². The standard InChI is InChI=1S/C38H39N5O4S2/c1-4-21-48-38-23-34(22-37(41-38)46-20-18-30-7-6-19-40-25-30)47-33-16-14-32(15-17-33)27-43(26-31-12-10-29(24-39)11-13-31)36-9-5-8-35(28(36)2)42-49(3,44)45/h5-17,19,22-23,25,42H,4,18,20-21,26-27H2,1-3H3. The average molecular weight is 694 g/mol. The fourth-order valence-corrected chi connectivity index (χ4v) is 6.51. The van der Waals surface area contributed by atoms with Gasteiger partial charge >= 0.3 is 0 Å². The zero-order chi connectivity index (χ0) is 34.6. The van der Waals surface area contributed by atoms with Crippen molar-refractivity contribution >= 4 is 33.2 Å². The fourth-order valence-electron chi connectivity index (χ4n) is 5.12. The number of nitriles is 1. The maximum absolute atomic E-state index is 12.0. The number of ether oxygens (including phenoxy) is 2. The summed E-state index contributed by atoms with van der Waals surface area (Å²) in [6.07, 6.45) is 6.48. The van der Waals surface area contributed by atoms with E-state index in [-0.39, 0.29) is 0 Å². The molecule has 0 bridgehead atoms. The highest BCUT2D eigenvalue weighted by atomic mass is 32.2. The molecule has 5 aromatic rings. The van der Waals surface area contributed by atoms with Crippen LogP contribution in [0.15, 0.2) is 108 Å². The molecule has 0 radical (unpaired) electrons. The van der Waals surface area contributed by atoms with E-state index in [1.54, 1.807) is 36.2 Å². The molecule has 0 saturated heterocycles. The molecule has 0 aliphatic rings. The first-order chi connectivity index (χ1) is 23.7. The molecular formula is C38H39N5O4S2. The number of nitrogens with one attached hydrogen (secondary N) is 1. The lowest BCUT2D eigenvalue weighted by Gasteiger charge is -2.28. The fraction of sp³-hybridized carbons (Fsp3) is 0.237. The zero-order valence-corrected chi connectivity index (χ0v) is 29.4. The van der Waals surface area contributed by atoms with Gasteiger partial charge in [-0.2, -0.15) is 5.26 Å². The van der Waals surface area contributed by atoms with Crippen molar-refractivity contribution in [3.63, 3.8) is 0 Å². The zero-order valence-electron chi connectivity index (χ0n) is 27.8. The van der Waals surface area contributed by atoms with Crippen LogP contribution < -0.4 is 19.1 Å². The van der Waals surface area contributed by atoms with Gasteiger partial charge in [-0.15, -0.1) is 11.8 Å². The summed E-state index contributed by atoms with van der Waals surface area (Å²) in [5.41, 5.74) is 5.98. The van der Waals surface area contributed by atoms with Crippen molar-refractivity contribution in [2.45, 2.75) is 44.8 Å². The summed E-state index contributed by atoms with van der Waals surface area (Å²) in [5, 5.41) is 10.1. The topological polar surface area (TPSA) is 117 Å². The first kappa shape index (κ1) is 35.3.